The van der Waals surface area contributed by atoms with Crippen LogP contribution in [0.15, 0.2) is 42.6 Å². The molecule has 0 aliphatic heterocycles. The first-order chi connectivity index (χ1) is 15.0. The fourth-order valence-electron chi connectivity index (χ4n) is 2.65. The number of amides is 3. The van der Waals surface area contributed by atoms with Gasteiger partial charge in [-0.3, -0.25) is 14.8 Å². The van der Waals surface area contributed by atoms with Crippen molar-refractivity contribution in [1.29, 1.82) is 0 Å². The SMILES string of the molecule is CN(C)C(=O)C(Cc1ccc(Oc2ccc(C(=O)NO)cn2)cc1)NC(=O)OC(C)(C)C. The van der Waals surface area contributed by atoms with E-state index >= 15 is 0 Å². The first-order valence-corrected chi connectivity index (χ1v) is 9.86. The Morgan fingerprint density at radius 1 is 1.09 bits per heavy atom. The second-order valence-corrected chi connectivity index (χ2v) is 8.21. The lowest BCUT2D eigenvalue weighted by Gasteiger charge is -2.25. The van der Waals surface area contributed by atoms with Gasteiger partial charge in [-0.2, -0.15) is 0 Å². The first kappa shape index (κ1) is 24.6. The number of carbonyl (C=O) groups is 3. The number of nitrogens with zero attached hydrogens (tertiary/aromatic N) is 2. The van der Waals surface area contributed by atoms with E-state index < -0.39 is 23.6 Å². The highest BCUT2D eigenvalue weighted by atomic mass is 16.6. The second-order valence-electron chi connectivity index (χ2n) is 8.21. The Bertz CT molecular complexity index is 936. The van der Waals surface area contributed by atoms with E-state index in [1.54, 1.807) is 59.1 Å². The Morgan fingerprint density at radius 2 is 1.75 bits per heavy atom. The summed E-state index contributed by atoms with van der Waals surface area (Å²) in [5, 5.41) is 11.3. The van der Waals surface area contributed by atoms with Crippen molar-refractivity contribution in [1.82, 2.24) is 20.7 Å². The molecule has 0 spiro atoms. The molecule has 3 amide bonds. The zero-order valence-electron chi connectivity index (χ0n) is 18.7. The van der Waals surface area contributed by atoms with Crippen LogP contribution in [0.1, 0.15) is 36.7 Å². The largest absolute Gasteiger partial charge is 0.444 e. The number of hydrogen-bond acceptors (Lipinski definition) is 7. The molecule has 1 aromatic heterocycles. The van der Waals surface area contributed by atoms with E-state index in [1.807, 2.05) is 0 Å². The summed E-state index contributed by atoms with van der Waals surface area (Å²) in [6.07, 6.45) is 0.872. The average Bonchev–Trinajstić information content (AvgIpc) is 2.72. The lowest BCUT2D eigenvalue weighted by Crippen LogP contribution is -2.48. The van der Waals surface area contributed by atoms with Crippen LogP contribution in [-0.2, 0) is 16.0 Å². The lowest BCUT2D eigenvalue weighted by atomic mass is 10.0. The van der Waals surface area contributed by atoms with Gasteiger partial charge < -0.3 is 19.7 Å². The van der Waals surface area contributed by atoms with E-state index in [0.29, 0.717) is 5.75 Å². The summed E-state index contributed by atoms with van der Waals surface area (Å²) in [7, 11) is 3.23. The molecule has 2 aromatic rings. The Labute approximate surface area is 186 Å². The van der Waals surface area contributed by atoms with Gasteiger partial charge in [-0.05, 0) is 44.5 Å². The maximum Gasteiger partial charge on any atom is 0.408 e. The minimum Gasteiger partial charge on any atom is -0.444 e. The van der Waals surface area contributed by atoms with E-state index in [-0.39, 0.29) is 23.8 Å². The Hall–Kier alpha value is -3.66. The first-order valence-electron chi connectivity index (χ1n) is 9.86. The number of hydroxylamine groups is 1. The maximum absolute atomic E-state index is 12.5. The van der Waals surface area contributed by atoms with Crippen molar-refractivity contribution in [2.75, 3.05) is 14.1 Å². The molecule has 32 heavy (non-hydrogen) atoms. The minimum atomic E-state index is -0.793. The van der Waals surface area contributed by atoms with E-state index in [0.717, 1.165) is 5.56 Å². The van der Waals surface area contributed by atoms with Gasteiger partial charge in [0.25, 0.3) is 5.91 Å². The molecule has 3 N–H and O–H groups in total. The Morgan fingerprint density at radius 3 is 2.25 bits per heavy atom. The molecule has 0 bridgehead atoms. The Balaban J connectivity index is 2.06. The fourth-order valence-corrected chi connectivity index (χ4v) is 2.65. The zero-order valence-corrected chi connectivity index (χ0v) is 18.7. The number of carbonyl (C=O) groups excluding carboxylic acids is 3. The lowest BCUT2D eigenvalue weighted by molar-refractivity contribution is -0.130. The molecule has 0 aliphatic rings. The van der Waals surface area contributed by atoms with Crippen molar-refractivity contribution >= 4 is 17.9 Å². The normalized spacial score (nSPS) is 11.8. The van der Waals surface area contributed by atoms with Crippen LogP contribution in [0.4, 0.5) is 4.79 Å². The summed E-state index contributed by atoms with van der Waals surface area (Å²) in [4.78, 5) is 41.4. The monoisotopic (exact) mass is 444 g/mol. The van der Waals surface area contributed by atoms with E-state index in [9.17, 15) is 14.4 Å². The Kier molecular flexibility index (Phi) is 8.14. The summed E-state index contributed by atoms with van der Waals surface area (Å²) >= 11 is 0. The zero-order chi connectivity index (χ0) is 23.9. The number of benzene rings is 1. The van der Waals surface area contributed by atoms with Gasteiger partial charge in [0.05, 0.1) is 5.56 Å². The van der Waals surface area contributed by atoms with Crippen LogP contribution in [-0.4, -0.2) is 58.7 Å². The van der Waals surface area contributed by atoms with Crippen molar-refractivity contribution in [3.8, 4) is 11.6 Å². The number of aromatic nitrogens is 1. The number of hydrogen-bond donors (Lipinski definition) is 3. The van der Waals surface area contributed by atoms with Gasteiger partial charge in [-0.1, -0.05) is 12.1 Å². The smallest absolute Gasteiger partial charge is 0.408 e. The highest BCUT2D eigenvalue weighted by Gasteiger charge is 2.25. The van der Waals surface area contributed by atoms with Gasteiger partial charge in [0.15, 0.2) is 0 Å². The number of rotatable bonds is 7. The molecule has 1 heterocycles. The van der Waals surface area contributed by atoms with Gasteiger partial charge >= 0.3 is 6.09 Å². The van der Waals surface area contributed by atoms with Crippen molar-refractivity contribution in [2.45, 2.75) is 38.8 Å². The van der Waals surface area contributed by atoms with E-state index in [4.69, 9.17) is 14.7 Å². The van der Waals surface area contributed by atoms with E-state index in [2.05, 4.69) is 10.3 Å². The molecule has 1 unspecified atom stereocenters. The van der Waals surface area contributed by atoms with Crippen molar-refractivity contribution < 1.29 is 29.1 Å². The molecule has 1 aromatic carbocycles. The molecule has 0 saturated heterocycles. The molecule has 172 valence electrons. The van der Waals surface area contributed by atoms with Crippen molar-refractivity contribution in [2.24, 2.45) is 0 Å². The summed E-state index contributed by atoms with van der Waals surface area (Å²) in [5.41, 5.74) is 1.84. The third kappa shape index (κ3) is 7.55. The van der Waals surface area contributed by atoms with E-state index in [1.165, 1.54) is 28.7 Å². The summed E-state index contributed by atoms with van der Waals surface area (Å²) < 4.78 is 10.9. The molecule has 1 atom stereocenters. The van der Waals surface area contributed by atoms with Gasteiger partial charge in [-0.15, -0.1) is 0 Å². The third-order valence-corrected chi connectivity index (χ3v) is 4.12. The summed E-state index contributed by atoms with van der Waals surface area (Å²) in [6, 6.07) is 9.12. The topological polar surface area (TPSA) is 130 Å². The van der Waals surface area contributed by atoms with Gasteiger partial charge in [0, 0.05) is 32.8 Å². The standard InChI is InChI=1S/C22H28N4O6/c1-22(2,3)32-21(29)24-17(20(28)26(4)5)12-14-6-9-16(10-7-14)31-18-11-8-15(13-23-18)19(27)25-30/h6-11,13,17,30H,12H2,1-5H3,(H,24,29)(H,25,27). The average molecular weight is 444 g/mol. The second kappa shape index (κ2) is 10.6. The van der Waals surface area contributed by atoms with Crippen molar-refractivity contribution in [3.05, 3.63) is 53.7 Å². The number of likely N-dealkylation sites (N-methyl/N-ethyl adjacent to an activating group) is 1. The highest BCUT2D eigenvalue weighted by Crippen LogP contribution is 2.21. The molecular formula is C22H28N4O6. The molecular weight excluding hydrogens is 416 g/mol. The molecule has 0 fully saturated rings. The van der Waals surface area contributed by atoms with Gasteiger partial charge in [0.2, 0.25) is 11.8 Å². The predicted octanol–water partition coefficient (Wildman–Crippen LogP) is 2.52. The number of ether oxygens (including phenoxy) is 2. The van der Waals surface area contributed by atoms with Gasteiger partial charge in [-0.25, -0.2) is 15.3 Å². The molecule has 10 nitrogen and oxygen atoms in total. The van der Waals surface area contributed by atoms with Gasteiger partial charge in [0.1, 0.15) is 17.4 Å². The van der Waals surface area contributed by atoms with Crippen LogP contribution in [0.2, 0.25) is 0 Å². The van der Waals surface area contributed by atoms with Crippen LogP contribution in [0.3, 0.4) is 0 Å². The van der Waals surface area contributed by atoms with Crippen LogP contribution in [0.5, 0.6) is 11.6 Å². The third-order valence-electron chi connectivity index (χ3n) is 4.12. The molecule has 0 saturated carbocycles. The summed E-state index contributed by atoms with van der Waals surface area (Å²) in [5.74, 6) is -0.168. The van der Waals surface area contributed by atoms with Crippen LogP contribution >= 0.6 is 0 Å². The maximum atomic E-state index is 12.5. The molecule has 0 aliphatic carbocycles. The summed E-state index contributed by atoms with van der Waals surface area (Å²) in [6.45, 7) is 5.24. The van der Waals surface area contributed by atoms with Crippen LogP contribution < -0.4 is 15.5 Å². The highest BCUT2D eigenvalue weighted by molar-refractivity contribution is 5.93. The fraction of sp³-hybridized carbons (Fsp3) is 0.364. The minimum absolute atomic E-state index is 0.185. The van der Waals surface area contributed by atoms with Crippen LogP contribution in [0, 0.1) is 0 Å². The number of nitrogens with one attached hydrogen (secondary N) is 2. The number of alkyl carbamates (subject to hydrolysis) is 1. The molecule has 10 heteroatoms. The predicted molar refractivity (Wildman–Crippen MR) is 116 cm³/mol. The van der Waals surface area contributed by atoms with Crippen LogP contribution in [0.25, 0.3) is 0 Å². The molecule has 2 rings (SSSR count). The quantitative estimate of drug-likeness (QED) is 0.442. The number of pyridine rings is 1. The van der Waals surface area contributed by atoms with Crippen molar-refractivity contribution in [3.63, 3.8) is 0 Å². The molecule has 0 radical (unpaired) electrons.